The highest BCUT2D eigenvalue weighted by molar-refractivity contribution is 5.68. The van der Waals surface area contributed by atoms with Gasteiger partial charge in [-0.05, 0) is 10.8 Å². The first kappa shape index (κ1) is 3.90. The van der Waals surface area contributed by atoms with Crippen molar-refractivity contribution < 1.29 is 0 Å². The van der Waals surface area contributed by atoms with E-state index in [0.717, 1.165) is 0 Å². The Hall–Kier alpha value is -1.04. The third kappa shape index (κ3) is 0.399. The highest BCUT2D eigenvalue weighted by Gasteiger charge is 1.84. The van der Waals surface area contributed by atoms with Crippen molar-refractivity contribution in [3.8, 4) is 0 Å². The van der Waals surface area contributed by atoms with Crippen LogP contribution in [0.4, 0.5) is 0 Å². The molecule has 0 amide bonds. The number of rotatable bonds is 0. The first-order valence-corrected chi connectivity index (χ1v) is 2.73. The smallest absolute Gasteiger partial charge is 0.0256 e. The molecular weight excluding hydrogens is 96.1 g/mol. The Morgan fingerprint density at radius 3 is 0.875 bits per heavy atom. The molecule has 0 nitrogen and oxygen atoms in total. The van der Waals surface area contributed by atoms with Crippen LogP contribution in [0.5, 0.6) is 0 Å². The van der Waals surface area contributed by atoms with Gasteiger partial charge in [0.15, 0.2) is 0 Å². The third-order valence-corrected chi connectivity index (χ3v) is 1.40. The number of hydrogen-bond donors (Lipinski definition) is 0. The minimum absolute atomic E-state index is 1.31. The highest BCUT2D eigenvalue weighted by atomic mass is 13.9. The number of benzene rings is 3. The van der Waals surface area contributed by atoms with E-state index in [0.29, 0.717) is 0 Å². The van der Waals surface area contributed by atoms with E-state index in [4.69, 9.17) is 0 Å². The van der Waals surface area contributed by atoms with E-state index in [9.17, 15) is 0 Å². The van der Waals surface area contributed by atoms with E-state index in [-0.39, 0.29) is 0 Å². The van der Waals surface area contributed by atoms with E-state index in [2.05, 4.69) is 36.4 Å². The second-order valence-corrected chi connectivity index (χ2v) is 2.00. The van der Waals surface area contributed by atoms with Crippen LogP contribution in [0.3, 0.4) is 0 Å². The fourth-order valence-electron chi connectivity index (χ4n) is 0.911. The summed E-state index contributed by atoms with van der Waals surface area (Å²) in [6.45, 7) is 0. The van der Waals surface area contributed by atoms with Gasteiger partial charge in [-0.15, -0.1) is 0 Å². The lowest BCUT2D eigenvalue weighted by Gasteiger charge is -1.92. The molecule has 0 fully saturated rings. The van der Waals surface area contributed by atoms with Gasteiger partial charge in [-0.3, -0.25) is 0 Å². The second kappa shape index (κ2) is 1.22. The standard InChI is InChI=1S/C8H6/c1-2-8-5-3-7(1)4-6-8/h1-6H. The predicted molar refractivity (Wildman–Crippen MR) is 35.1 cm³/mol. The van der Waals surface area contributed by atoms with Crippen LogP contribution >= 0.6 is 0 Å². The maximum atomic E-state index is 2.12. The van der Waals surface area contributed by atoms with E-state index in [1.54, 1.807) is 0 Å². The van der Waals surface area contributed by atoms with Crippen LogP contribution in [0.2, 0.25) is 0 Å². The van der Waals surface area contributed by atoms with Gasteiger partial charge in [-0.25, -0.2) is 0 Å². The van der Waals surface area contributed by atoms with Crippen molar-refractivity contribution >= 4 is 10.8 Å². The number of fused-ring (bicyclic) bond motifs is 3. The van der Waals surface area contributed by atoms with Gasteiger partial charge in [0, 0.05) is 0 Å². The maximum absolute atomic E-state index is 2.12. The van der Waals surface area contributed by atoms with Gasteiger partial charge >= 0.3 is 0 Å². The fraction of sp³-hybridized carbons (Fsp3) is 0. The molecule has 0 spiro atoms. The molecule has 0 N–H and O–H groups in total. The molecule has 38 valence electrons. The van der Waals surface area contributed by atoms with E-state index < -0.39 is 0 Å². The van der Waals surface area contributed by atoms with Crippen molar-refractivity contribution in [3.63, 3.8) is 0 Å². The molecule has 0 saturated heterocycles. The summed E-state index contributed by atoms with van der Waals surface area (Å²) in [4.78, 5) is 0. The average Bonchev–Trinajstić information content (AvgIpc) is 1.92. The van der Waals surface area contributed by atoms with Crippen molar-refractivity contribution in [1.29, 1.82) is 0 Å². The van der Waals surface area contributed by atoms with Crippen LogP contribution in [0.25, 0.3) is 10.8 Å². The second-order valence-electron chi connectivity index (χ2n) is 2.00. The van der Waals surface area contributed by atoms with Gasteiger partial charge < -0.3 is 0 Å². The largest absolute Gasteiger partial charge is 0.0544 e. The van der Waals surface area contributed by atoms with Crippen LogP contribution in [0.15, 0.2) is 36.4 Å². The zero-order valence-electron chi connectivity index (χ0n) is 4.46. The molecule has 3 aromatic carbocycles. The Morgan fingerprint density at radius 1 is 0.500 bits per heavy atom. The van der Waals surface area contributed by atoms with Crippen LogP contribution in [0.1, 0.15) is 0 Å². The molecular formula is C8H6. The summed E-state index contributed by atoms with van der Waals surface area (Å²) in [5, 5.41) is 2.61. The van der Waals surface area contributed by atoms with E-state index >= 15 is 0 Å². The molecule has 0 aliphatic heterocycles. The topological polar surface area (TPSA) is 0 Å². The molecule has 0 heterocycles. The lowest BCUT2D eigenvalue weighted by molar-refractivity contribution is 1.76. The first-order chi connectivity index (χ1) is 3.95. The molecule has 8 heavy (non-hydrogen) atoms. The monoisotopic (exact) mass is 102 g/mol. The normalized spacial score (nSPS) is 10.5. The van der Waals surface area contributed by atoms with Crippen molar-refractivity contribution in [2.75, 3.05) is 0 Å². The summed E-state index contributed by atoms with van der Waals surface area (Å²) in [5.41, 5.74) is 0. The molecule has 0 atom stereocenters. The molecule has 2 bridgehead atoms. The van der Waals surface area contributed by atoms with Gasteiger partial charge in [0.05, 0.1) is 0 Å². The van der Waals surface area contributed by atoms with Crippen molar-refractivity contribution in [2.24, 2.45) is 0 Å². The fourth-order valence-corrected chi connectivity index (χ4v) is 0.911. The lowest BCUT2D eigenvalue weighted by Crippen LogP contribution is -1.67. The summed E-state index contributed by atoms with van der Waals surface area (Å²) in [6.07, 6.45) is 0. The van der Waals surface area contributed by atoms with Gasteiger partial charge in [0.2, 0.25) is 0 Å². The quantitative estimate of drug-likeness (QED) is 0.478. The molecule has 0 saturated carbocycles. The van der Waals surface area contributed by atoms with Crippen LogP contribution in [-0.4, -0.2) is 0 Å². The highest BCUT2D eigenvalue weighted by Crippen LogP contribution is 2.09. The minimum atomic E-state index is 1.31. The third-order valence-electron chi connectivity index (χ3n) is 1.40. The molecule has 0 radical (unpaired) electrons. The summed E-state index contributed by atoms with van der Waals surface area (Å²) in [5.74, 6) is 0. The summed E-state index contributed by atoms with van der Waals surface area (Å²) in [7, 11) is 0. The Kier molecular flexibility index (Phi) is 0.595. The molecule has 0 aliphatic carbocycles. The Labute approximate surface area is 48.1 Å². The van der Waals surface area contributed by atoms with Crippen molar-refractivity contribution in [1.82, 2.24) is 0 Å². The molecule has 0 unspecified atom stereocenters. The molecule has 3 rings (SSSR count). The summed E-state index contributed by atoms with van der Waals surface area (Å²) in [6, 6.07) is 12.7. The Morgan fingerprint density at radius 2 is 0.750 bits per heavy atom. The Bertz CT molecular complexity index is 195. The van der Waals surface area contributed by atoms with Gasteiger partial charge in [-0.2, -0.15) is 0 Å². The molecule has 0 heteroatoms. The Balaban J connectivity index is 3.05. The zero-order chi connectivity index (χ0) is 5.40. The van der Waals surface area contributed by atoms with E-state index in [1.807, 2.05) is 0 Å². The van der Waals surface area contributed by atoms with Gasteiger partial charge in [0.25, 0.3) is 0 Å². The van der Waals surface area contributed by atoms with Crippen LogP contribution in [-0.2, 0) is 0 Å². The van der Waals surface area contributed by atoms with Crippen molar-refractivity contribution in [2.45, 2.75) is 0 Å². The SMILES string of the molecule is c1cc2ccc1cc2. The molecule has 0 aromatic heterocycles. The van der Waals surface area contributed by atoms with Gasteiger partial charge in [0.1, 0.15) is 0 Å². The summed E-state index contributed by atoms with van der Waals surface area (Å²) >= 11 is 0. The number of hydrogen-bond acceptors (Lipinski definition) is 0. The van der Waals surface area contributed by atoms with Gasteiger partial charge in [-0.1, -0.05) is 36.4 Å². The molecule has 3 aromatic rings. The van der Waals surface area contributed by atoms with Crippen LogP contribution < -0.4 is 0 Å². The molecule has 0 aliphatic rings. The van der Waals surface area contributed by atoms with Crippen LogP contribution in [0, 0.1) is 0 Å². The lowest BCUT2D eigenvalue weighted by atomic mass is 10.1. The predicted octanol–water partition coefficient (Wildman–Crippen LogP) is 2.28. The van der Waals surface area contributed by atoms with E-state index in [1.165, 1.54) is 10.8 Å². The first-order valence-electron chi connectivity index (χ1n) is 2.73. The summed E-state index contributed by atoms with van der Waals surface area (Å²) < 4.78 is 0. The maximum Gasteiger partial charge on any atom is -0.0256 e. The minimum Gasteiger partial charge on any atom is -0.0544 e. The van der Waals surface area contributed by atoms with Crippen molar-refractivity contribution in [3.05, 3.63) is 36.4 Å². The zero-order valence-corrected chi connectivity index (χ0v) is 4.46. The average molecular weight is 102 g/mol.